The lowest BCUT2D eigenvalue weighted by Gasteiger charge is -2.08. The van der Waals surface area contributed by atoms with E-state index in [2.05, 4.69) is 4.98 Å². The molecule has 4 nitrogen and oxygen atoms in total. The van der Waals surface area contributed by atoms with Crippen molar-refractivity contribution in [2.75, 3.05) is 7.11 Å². The van der Waals surface area contributed by atoms with Crippen LogP contribution in [0.1, 0.15) is 5.56 Å². The number of hydrogen-bond donors (Lipinski definition) is 0. The summed E-state index contributed by atoms with van der Waals surface area (Å²) in [5, 5.41) is -0.0472. The Morgan fingerprint density at radius 2 is 2.11 bits per heavy atom. The van der Waals surface area contributed by atoms with Crippen molar-refractivity contribution in [3.8, 4) is 5.75 Å². The molecule has 0 unspecified atom stereocenters. The van der Waals surface area contributed by atoms with Crippen LogP contribution in [-0.2, 0) is 6.54 Å². The maximum atomic E-state index is 13.1. The Labute approximate surface area is 112 Å². The minimum atomic E-state index is -0.973. The van der Waals surface area contributed by atoms with Crippen LogP contribution < -0.4 is 10.3 Å². The third kappa shape index (κ3) is 2.73. The second-order valence-electron chi connectivity index (χ2n) is 3.75. The van der Waals surface area contributed by atoms with Gasteiger partial charge in [-0.25, -0.2) is 13.8 Å². The SMILES string of the molecule is COc1c(Cl)ncn(Cc2ccc(F)c(F)c2)c1=O. The van der Waals surface area contributed by atoms with Crippen molar-refractivity contribution in [2.24, 2.45) is 0 Å². The molecule has 1 heterocycles. The van der Waals surface area contributed by atoms with E-state index < -0.39 is 17.2 Å². The molecule has 7 heteroatoms. The van der Waals surface area contributed by atoms with Crippen LogP contribution in [0.15, 0.2) is 29.3 Å². The number of benzene rings is 1. The highest BCUT2D eigenvalue weighted by Crippen LogP contribution is 2.15. The quantitative estimate of drug-likeness (QED) is 0.813. The number of nitrogens with zero attached hydrogens (tertiary/aromatic N) is 2. The summed E-state index contributed by atoms with van der Waals surface area (Å²) in [7, 11) is 1.30. The smallest absolute Gasteiger partial charge is 0.297 e. The van der Waals surface area contributed by atoms with Crippen LogP contribution in [-0.4, -0.2) is 16.7 Å². The Balaban J connectivity index is 2.38. The van der Waals surface area contributed by atoms with Gasteiger partial charge in [0.1, 0.15) is 0 Å². The molecule has 0 N–H and O–H groups in total. The molecule has 0 atom stereocenters. The maximum absolute atomic E-state index is 13.1. The molecule has 100 valence electrons. The van der Waals surface area contributed by atoms with Gasteiger partial charge in [0.25, 0.3) is 5.56 Å². The van der Waals surface area contributed by atoms with Crippen molar-refractivity contribution in [3.05, 3.63) is 57.2 Å². The zero-order valence-electron chi connectivity index (χ0n) is 9.86. The number of halogens is 3. The summed E-state index contributed by atoms with van der Waals surface area (Å²) in [6.45, 7) is 0.0383. The highest BCUT2D eigenvalue weighted by molar-refractivity contribution is 6.30. The summed E-state index contributed by atoms with van der Waals surface area (Å²) in [6, 6.07) is 3.39. The van der Waals surface area contributed by atoms with E-state index in [1.165, 1.54) is 24.1 Å². The predicted molar refractivity (Wildman–Crippen MR) is 65.5 cm³/mol. The molecule has 0 aliphatic carbocycles. The first-order valence-corrected chi connectivity index (χ1v) is 5.63. The normalized spacial score (nSPS) is 10.5. The molecule has 0 fully saturated rings. The molecular weight excluding hydrogens is 278 g/mol. The van der Waals surface area contributed by atoms with E-state index in [1.54, 1.807) is 0 Å². The summed E-state index contributed by atoms with van der Waals surface area (Å²) in [5.74, 6) is -2.01. The van der Waals surface area contributed by atoms with Crippen LogP contribution in [0.5, 0.6) is 5.75 Å². The molecule has 0 aliphatic rings. The van der Waals surface area contributed by atoms with Crippen molar-refractivity contribution in [1.29, 1.82) is 0 Å². The lowest BCUT2D eigenvalue weighted by molar-refractivity contribution is 0.400. The Morgan fingerprint density at radius 1 is 1.37 bits per heavy atom. The largest absolute Gasteiger partial charge is 0.489 e. The third-order valence-corrected chi connectivity index (χ3v) is 2.76. The van der Waals surface area contributed by atoms with Crippen molar-refractivity contribution in [2.45, 2.75) is 6.54 Å². The molecule has 0 radical (unpaired) electrons. The fraction of sp³-hybridized carbons (Fsp3) is 0.167. The van der Waals surface area contributed by atoms with Gasteiger partial charge in [-0.2, -0.15) is 0 Å². The lowest BCUT2D eigenvalue weighted by atomic mass is 10.2. The lowest BCUT2D eigenvalue weighted by Crippen LogP contribution is -2.22. The van der Waals surface area contributed by atoms with Gasteiger partial charge in [-0.05, 0) is 17.7 Å². The average Bonchev–Trinajstić information content (AvgIpc) is 2.38. The second kappa shape index (κ2) is 5.36. The van der Waals surface area contributed by atoms with Gasteiger partial charge in [0.2, 0.25) is 5.75 Å². The van der Waals surface area contributed by atoms with E-state index in [-0.39, 0.29) is 17.4 Å². The van der Waals surface area contributed by atoms with Crippen molar-refractivity contribution in [3.63, 3.8) is 0 Å². The molecular formula is C12H9ClF2N2O2. The molecule has 1 aromatic heterocycles. The minimum absolute atomic E-state index is 0.0383. The first-order chi connectivity index (χ1) is 9.02. The molecule has 1 aromatic carbocycles. The first-order valence-electron chi connectivity index (χ1n) is 5.25. The van der Waals surface area contributed by atoms with Gasteiger partial charge in [-0.1, -0.05) is 17.7 Å². The van der Waals surface area contributed by atoms with Crippen molar-refractivity contribution < 1.29 is 13.5 Å². The molecule has 19 heavy (non-hydrogen) atoms. The Bertz CT molecular complexity index is 673. The summed E-state index contributed by atoms with van der Waals surface area (Å²) < 4.78 is 31.9. The van der Waals surface area contributed by atoms with Gasteiger partial charge < -0.3 is 4.74 Å². The van der Waals surface area contributed by atoms with Crippen LogP contribution in [0.25, 0.3) is 0 Å². The summed E-state index contributed by atoms with van der Waals surface area (Å²) >= 11 is 5.69. The monoisotopic (exact) mass is 286 g/mol. The van der Waals surface area contributed by atoms with Crippen molar-refractivity contribution in [1.82, 2.24) is 9.55 Å². The number of hydrogen-bond acceptors (Lipinski definition) is 3. The molecule has 0 amide bonds. The number of rotatable bonds is 3. The van der Waals surface area contributed by atoms with Gasteiger partial charge in [0.15, 0.2) is 16.8 Å². The van der Waals surface area contributed by atoms with Crippen LogP contribution in [0, 0.1) is 11.6 Å². The van der Waals surface area contributed by atoms with E-state index in [0.717, 1.165) is 12.1 Å². The van der Waals surface area contributed by atoms with E-state index in [0.29, 0.717) is 5.56 Å². The van der Waals surface area contributed by atoms with Crippen LogP contribution in [0.4, 0.5) is 8.78 Å². The van der Waals surface area contributed by atoms with Crippen molar-refractivity contribution >= 4 is 11.6 Å². The molecule has 0 bridgehead atoms. The number of aromatic nitrogens is 2. The van der Waals surface area contributed by atoms with Crippen LogP contribution >= 0.6 is 11.6 Å². The molecule has 0 spiro atoms. The van der Waals surface area contributed by atoms with Gasteiger partial charge in [0, 0.05) is 0 Å². The summed E-state index contributed by atoms with van der Waals surface area (Å²) in [5.41, 5.74) is -0.0700. The first kappa shape index (κ1) is 13.5. The number of methoxy groups -OCH3 is 1. The Hall–Kier alpha value is -1.95. The predicted octanol–water partition coefficient (Wildman–Crippen LogP) is 2.23. The van der Waals surface area contributed by atoms with Crippen LogP contribution in [0.3, 0.4) is 0 Å². The molecule has 2 aromatic rings. The highest BCUT2D eigenvalue weighted by Gasteiger charge is 2.11. The zero-order chi connectivity index (χ0) is 14.0. The van der Waals surface area contributed by atoms with Gasteiger partial charge in [-0.3, -0.25) is 9.36 Å². The fourth-order valence-corrected chi connectivity index (χ4v) is 1.77. The standard InChI is InChI=1S/C12H9ClF2N2O2/c1-19-10-11(13)16-6-17(12(10)18)5-7-2-3-8(14)9(15)4-7/h2-4,6H,5H2,1H3. The topological polar surface area (TPSA) is 44.1 Å². The molecule has 0 aliphatic heterocycles. The summed E-state index contributed by atoms with van der Waals surface area (Å²) in [6.07, 6.45) is 1.22. The Morgan fingerprint density at radius 3 is 2.74 bits per heavy atom. The maximum Gasteiger partial charge on any atom is 0.297 e. The molecule has 0 saturated heterocycles. The highest BCUT2D eigenvalue weighted by atomic mass is 35.5. The van der Waals surface area contributed by atoms with Crippen LogP contribution in [0.2, 0.25) is 5.15 Å². The van der Waals surface area contributed by atoms with Gasteiger partial charge >= 0.3 is 0 Å². The average molecular weight is 287 g/mol. The zero-order valence-corrected chi connectivity index (χ0v) is 10.6. The molecule has 0 saturated carbocycles. The van der Waals surface area contributed by atoms with Gasteiger partial charge in [-0.15, -0.1) is 0 Å². The second-order valence-corrected chi connectivity index (χ2v) is 4.11. The molecule has 2 rings (SSSR count). The Kier molecular flexibility index (Phi) is 3.80. The van der Waals surface area contributed by atoms with E-state index in [9.17, 15) is 13.6 Å². The van der Waals surface area contributed by atoms with E-state index in [1.807, 2.05) is 0 Å². The fourth-order valence-electron chi connectivity index (χ4n) is 1.57. The van der Waals surface area contributed by atoms with E-state index >= 15 is 0 Å². The summed E-state index contributed by atoms with van der Waals surface area (Å²) in [4.78, 5) is 15.7. The third-order valence-electron chi connectivity index (χ3n) is 2.49. The van der Waals surface area contributed by atoms with E-state index in [4.69, 9.17) is 16.3 Å². The van der Waals surface area contributed by atoms with Gasteiger partial charge in [0.05, 0.1) is 20.0 Å². The number of ether oxygens (including phenoxy) is 1. The minimum Gasteiger partial charge on any atom is -0.489 e.